The maximum Gasteiger partial charge on any atom is 0.167 e. The summed E-state index contributed by atoms with van der Waals surface area (Å²) in [5, 5.41) is 11.9. The van der Waals surface area contributed by atoms with Crippen LogP contribution in [0.25, 0.3) is 28.3 Å². The first-order chi connectivity index (χ1) is 17.4. The van der Waals surface area contributed by atoms with Crippen LogP contribution in [-0.4, -0.2) is 27.2 Å². The monoisotopic (exact) mass is 535 g/mol. The first-order valence-corrected chi connectivity index (χ1v) is 17.1. The maximum absolute atomic E-state index is 16.0. The quantitative estimate of drug-likeness (QED) is 0.254. The zero-order valence-electron chi connectivity index (χ0n) is 22.0. The Morgan fingerprint density at radius 1 is 1.16 bits per heavy atom. The second kappa shape index (κ2) is 10.4. The molecule has 2 N–H and O–H groups in total. The van der Waals surface area contributed by atoms with Crippen LogP contribution in [0.5, 0.6) is 0 Å². The molecule has 0 radical (unpaired) electrons. The Balaban J connectivity index is 1.89. The van der Waals surface area contributed by atoms with Crippen LogP contribution in [-0.2, 0) is 17.4 Å². The first-order valence-electron chi connectivity index (χ1n) is 12.3. The highest BCUT2D eigenvalue weighted by Gasteiger charge is 2.33. The number of nitrogens with two attached hydrogens (primary N) is 1. The highest BCUT2D eigenvalue weighted by atomic mass is 32.2. The van der Waals surface area contributed by atoms with Crippen molar-refractivity contribution in [2.45, 2.75) is 57.0 Å². The van der Waals surface area contributed by atoms with E-state index in [1.165, 1.54) is 0 Å². The molecule has 0 aliphatic carbocycles. The molecule has 2 atom stereocenters. The van der Waals surface area contributed by atoms with Crippen molar-refractivity contribution in [2.75, 3.05) is 0 Å². The fraction of sp³-hybridized carbons (Fsp3) is 0.310. The van der Waals surface area contributed by atoms with E-state index >= 15 is 4.39 Å². The average molecular weight is 536 g/mol. The number of fused-ring (bicyclic) bond motifs is 1. The van der Waals surface area contributed by atoms with E-state index in [-0.39, 0.29) is 11.7 Å². The summed E-state index contributed by atoms with van der Waals surface area (Å²) >= 11 is 0. The fourth-order valence-electron chi connectivity index (χ4n) is 4.74. The zero-order chi connectivity index (χ0) is 27.0. The molecule has 0 aliphatic heterocycles. The number of benzene rings is 2. The summed E-state index contributed by atoms with van der Waals surface area (Å²) in [5.74, 6) is -0.489. The van der Waals surface area contributed by atoms with E-state index in [0.717, 1.165) is 27.4 Å². The summed E-state index contributed by atoms with van der Waals surface area (Å²) in [6.07, 6.45) is 2.44. The van der Waals surface area contributed by atoms with E-state index in [9.17, 15) is 4.21 Å². The van der Waals surface area contributed by atoms with Gasteiger partial charge in [-0.05, 0) is 67.6 Å². The summed E-state index contributed by atoms with van der Waals surface area (Å²) < 4.78 is 33.3. The van der Waals surface area contributed by atoms with Gasteiger partial charge in [0.05, 0.1) is 35.2 Å². The SMILES string of the molecule is C=Cc1cc([Si](C)(C)C)c(F)c(C[C@@H](CC(C)(C)S(N)=O)c2ccccc2-c2noc3ccccc23)n1. The highest BCUT2D eigenvalue weighted by Crippen LogP contribution is 2.39. The largest absolute Gasteiger partial charge is 0.356 e. The van der Waals surface area contributed by atoms with Gasteiger partial charge in [0.25, 0.3) is 0 Å². The van der Waals surface area contributed by atoms with E-state index < -0.39 is 23.8 Å². The van der Waals surface area contributed by atoms with Crippen molar-refractivity contribution in [1.29, 1.82) is 0 Å². The normalized spacial score (nSPS) is 14.0. The molecule has 0 saturated heterocycles. The molecule has 0 aliphatic rings. The summed E-state index contributed by atoms with van der Waals surface area (Å²) in [6.45, 7) is 14.0. The molecule has 1 unspecified atom stereocenters. The first kappa shape index (κ1) is 27.1. The Morgan fingerprint density at radius 2 is 1.84 bits per heavy atom. The summed E-state index contributed by atoms with van der Waals surface area (Å²) in [7, 11) is -3.57. The van der Waals surface area contributed by atoms with Gasteiger partial charge in [0.2, 0.25) is 0 Å². The van der Waals surface area contributed by atoms with Crippen molar-refractivity contribution < 1.29 is 13.1 Å². The molecule has 0 bridgehead atoms. The third kappa shape index (κ3) is 5.66. The second-order valence-corrected chi connectivity index (χ2v) is 17.8. The molecule has 37 heavy (non-hydrogen) atoms. The third-order valence-electron chi connectivity index (χ3n) is 6.82. The number of halogens is 1. The summed E-state index contributed by atoms with van der Waals surface area (Å²) in [6, 6.07) is 17.4. The van der Waals surface area contributed by atoms with Crippen LogP contribution >= 0.6 is 0 Å². The lowest BCUT2D eigenvalue weighted by Crippen LogP contribution is -2.41. The van der Waals surface area contributed by atoms with Crippen LogP contribution in [0.4, 0.5) is 4.39 Å². The van der Waals surface area contributed by atoms with Crippen molar-refractivity contribution in [3.63, 3.8) is 0 Å². The minimum Gasteiger partial charge on any atom is -0.356 e. The molecule has 0 fully saturated rings. The molecule has 4 rings (SSSR count). The molecule has 0 spiro atoms. The molecule has 0 amide bonds. The van der Waals surface area contributed by atoms with Gasteiger partial charge in [-0.2, -0.15) is 0 Å². The van der Waals surface area contributed by atoms with E-state index in [4.69, 9.17) is 9.66 Å². The minimum atomic E-state index is -1.99. The Morgan fingerprint density at radius 3 is 2.51 bits per heavy atom. The number of hydrogen-bond donors (Lipinski definition) is 1. The van der Waals surface area contributed by atoms with Crippen LogP contribution in [0.3, 0.4) is 0 Å². The smallest absolute Gasteiger partial charge is 0.167 e. The van der Waals surface area contributed by atoms with Crippen molar-refractivity contribution in [3.05, 3.63) is 83.9 Å². The van der Waals surface area contributed by atoms with Crippen LogP contribution in [0.1, 0.15) is 43.1 Å². The molecule has 0 saturated carbocycles. The van der Waals surface area contributed by atoms with Gasteiger partial charge in [-0.1, -0.05) is 67.8 Å². The molecule has 4 aromatic rings. The summed E-state index contributed by atoms with van der Waals surface area (Å²) in [4.78, 5) is 4.64. The predicted molar refractivity (Wildman–Crippen MR) is 154 cm³/mol. The Labute approximate surface area is 221 Å². The highest BCUT2D eigenvalue weighted by molar-refractivity contribution is 7.84. The molecule has 194 valence electrons. The molecular weight excluding hydrogens is 501 g/mol. The van der Waals surface area contributed by atoms with Crippen molar-refractivity contribution in [3.8, 4) is 11.3 Å². The second-order valence-electron chi connectivity index (χ2n) is 11.1. The van der Waals surface area contributed by atoms with Gasteiger partial charge < -0.3 is 4.52 Å². The Bertz CT molecular complexity index is 1480. The van der Waals surface area contributed by atoms with E-state index in [1.54, 1.807) is 6.08 Å². The number of nitrogens with zero attached hydrogens (tertiary/aromatic N) is 2. The van der Waals surface area contributed by atoms with Crippen LogP contribution in [0, 0.1) is 5.82 Å². The number of rotatable bonds is 9. The molecular formula is C29H34FN3O2SSi. The topological polar surface area (TPSA) is 82.0 Å². The van der Waals surface area contributed by atoms with Gasteiger partial charge in [-0.15, -0.1) is 0 Å². The third-order valence-corrected chi connectivity index (χ3v) is 10.1. The van der Waals surface area contributed by atoms with Crippen LogP contribution in [0.15, 0.2) is 65.7 Å². The average Bonchev–Trinajstić information content (AvgIpc) is 3.28. The number of pyridine rings is 1. The number of hydrogen-bond acceptors (Lipinski definition) is 4. The van der Waals surface area contributed by atoms with Gasteiger partial charge in [0.15, 0.2) is 5.58 Å². The van der Waals surface area contributed by atoms with Crippen LogP contribution in [0.2, 0.25) is 19.6 Å². The minimum absolute atomic E-state index is 0.231. The lowest BCUT2D eigenvalue weighted by molar-refractivity contribution is 0.459. The van der Waals surface area contributed by atoms with Crippen LogP contribution < -0.4 is 10.3 Å². The lowest BCUT2D eigenvalue weighted by Gasteiger charge is -2.29. The molecule has 2 aromatic carbocycles. The fourth-order valence-corrected chi connectivity index (χ4v) is 6.49. The standard InChI is InChI=1S/C29H34FN3O2SSi/c1-7-20-17-26(37(4,5)6)27(30)24(32-20)16-19(18-29(2,3)36(31)34)21-12-8-9-13-22(21)28-23-14-10-11-15-25(23)35-33-28/h7-15,17,19H,1,16,18,31H2,2-6H3/t19-,36?/m0/s1. The van der Waals surface area contributed by atoms with Gasteiger partial charge in [0.1, 0.15) is 11.5 Å². The predicted octanol–water partition coefficient (Wildman–Crippen LogP) is 6.33. The van der Waals surface area contributed by atoms with E-state index in [1.807, 2.05) is 68.4 Å². The van der Waals surface area contributed by atoms with E-state index in [0.29, 0.717) is 29.8 Å². The molecule has 8 heteroatoms. The van der Waals surface area contributed by atoms with Crippen molar-refractivity contribution >= 4 is 41.3 Å². The molecule has 2 heterocycles. The van der Waals surface area contributed by atoms with E-state index in [2.05, 4.69) is 36.4 Å². The lowest BCUT2D eigenvalue weighted by atomic mass is 9.82. The zero-order valence-corrected chi connectivity index (χ0v) is 23.9. The van der Waals surface area contributed by atoms with Gasteiger partial charge in [-0.3, -0.25) is 10.1 Å². The van der Waals surface area contributed by atoms with Crippen molar-refractivity contribution in [2.24, 2.45) is 5.14 Å². The molecule has 2 aromatic heterocycles. The number of para-hydroxylation sites is 1. The summed E-state index contributed by atoms with van der Waals surface area (Å²) in [5.41, 5.74) is 4.31. The van der Waals surface area contributed by atoms with Crippen molar-refractivity contribution in [1.82, 2.24) is 10.1 Å². The Hall–Kier alpha value is -2.94. The van der Waals surface area contributed by atoms with Gasteiger partial charge in [0, 0.05) is 10.9 Å². The Kier molecular flexibility index (Phi) is 7.64. The van der Waals surface area contributed by atoms with Gasteiger partial charge >= 0.3 is 0 Å². The number of aromatic nitrogens is 2. The molecule has 5 nitrogen and oxygen atoms in total. The van der Waals surface area contributed by atoms with Gasteiger partial charge in [-0.25, -0.2) is 8.60 Å². The maximum atomic E-state index is 16.0.